The lowest BCUT2D eigenvalue weighted by Gasteiger charge is -2.30. The van der Waals surface area contributed by atoms with Crippen LogP contribution < -0.4 is 11.1 Å². The summed E-state index contributed by atoms with van der Waals surface area (Å²) in [5.74, 6) is 0.387. The summed E-state index contributed by atoms with van der Waals surface area (Å²) in [6.07, 6.45) is 8.72. The van der Waals surface area contributed by atoms with Gasteiger partial charge in [0.05, 0.1) is 11.7 Å². The molecule has 0 radical (unpaired) electrons. The Morgan fingerprint density at radius 3 is 2.57 bits per heavy atom. The van der Waals surface area contributed by atoms with E-state index < -0.39 is 5.91 Å². The topological polar surface area (TPSA) is 90.0 Å². The predicted molar refractivity (Wildman–Crippen MR) is 106 cm³/mol. The molecule has 0 saturated heterocycles. The Labute approximate surface area is 165 Å². The summed E-state index contributed by atoms with van der Waals surface area (Å²) in [5, 5.41) is 7.76. The molecular weight excluding hydrogens is 352 g/mol. The number of aryl methyl sites for hydroxylation is 1. The number of primary amides is 1. The molecule has 6 heteroatoms. The van der Waals surface area contributed by atoms with Crippen molar-refractivity contribution in [2.24, 2.45) is 11.7 Å². The zero-order valence-electron chi connectivity index (χ0n) is 16.1. The van der Waals surface area contributed by atoms with Crippen LogP contribution in [-0.4, -0.2) is 21.6 Å². The number of hydrogen-bond acceptors (Lipinski definition) is 3. The maximum Gasteiger partial charge on any atom is 0.239 e. The monoisotopic (exact) mass is 380 g/mol. The largest absolute Gasteiger partial charge is 0.368 e. The average Bonchev–Trinajstić information content (AvgIpc) is 3.11. The molecule has 1 aromatic carbocycles. The lowest BCUT2D eigenvalue weighted by Crippen LogP contribution is -2.37. The zero-order valence-corrected chi connectivity index (χ0v) is 16.1. The second kappa shape index (κ2) is 8.17. The number of nitrogens with one attached hydrogen (secondary N) is 1. The van der Waals surface area contributed by atoms with Crippen molar-refractivity contribution in [3.63, 3.8) is 0 Å². The minimum Gasteiger partial charge on any atom is -0.368 e. The zero-order chi connectivity index (χ0) is 19.5. The van der Waals surface area contributed by atoms with E-state index in [0.29, 0.717) is 5.92 Å². The third kappa shape index (κ3) is 4.11. The van der Waals surface area contributed by atoms with Crippen LogP contribution in [0.15, 0.2) is 36.5 Å². The maximum atomic E-state index is 12.9. The van der Waals surface area contributed by atoms with E-state index in [0.717, 1.165) is 56.2 Å². The quantitative estimate of drug-likeness (QED) is 0.836. The summed E-state index contributed by atoms with van der Waals surface area (Å²) >= 11 is 0. The van der Waals surface area contributed by atoms with Gasteiger partial charge in [0.2, 0.25) is 11.8 Å². The van der Waals surface area contributed by atoms with Gasteiger partial charge in [-0.15, -0.1) is 0 Å². The number of hydrogen-bond donors (Lipinski definition) is 2. The number of benzene rings is 1. The predicted octanol–water partition coefficient (Wildman–Crippen LogP) is 2.84. The fourth-order valence-corrected chi connectivity index (χ4v) is 4.68. The smallest absolute Gasteiger partial charge is 0.239 e. The van der Waals surface area contributed by atoms with Gasteiger partial charge in [-0.3, -0.25) is 14.3 Å². The van der Waals surface area contributed by atoms with Gasteiger partial charge in [-0.2, -0.15) is 5.10 Å². The summed E-state index contributed by atoms with van der Waals surface area (Å²) in [7, 11) is 0. The van der Waals surface area contributed by atoms with E-state index in [4.69, 9.17) is 5.73 Å². The van der Waals surface area contributed by atoms with E-state index in [-0.39, 0.29) is 24.4 Å². The Kier molecular flexibility index (Phi) is 5.46. The fourth-order valence-electron chi connectivity index (χ4n) is 4.68. The van der Waals surface area contributed by atoms with Gasteiger partial charge in [0.25, 0.3) is 0 Å². The molecule has 2 aliphatic rings. The van der Waals surface area contributed by atoms with Gasteiger partial charge in [0.1, 0.15) is 6.54 Å². The van der Waals surface area contributed by atoms with Crippen molar-refractivity contribution in [2.75, 3.05) is 0 Å². The molecule has 4 rings (SSSR count). The highest BCUT2D eigenvalue weighted by Gasteiger charge is 2.31. The molecule has 0 unspecified atom stereocenters. The maximum absolute atomic E-state index is 12.9. The molecule has 1 heterocycles. The Balaban J connectivity index is 1.36. The number of carbonyl (C=O) groups is 2. The van der Waals surface area contributed by atoms with Crippen LogP contribution in [0, 0.1) is 5.92 Å². The number of nitrogens with zero attached hydrogens (tertiary/aromatic N) is 2. The molecule has 0 aliphatic heterocycles. The Hall–Kier alpha value is -2.63. The molecule has 2 amide bonds. The normalized spacial score (nSPS) is 24.4. The van der Waals surface area contributed by atoms with Crippen molar-refractivity contribution < 1.29 is 9.59 Å². The van der Waals surface area contributed by atoms with Crippen LogP contribution in [-0.2, 0) is 22.6 Å². The van der Waals surface area contributed by atoms with E-state index in [1.54, 1.807) is 4.68 Å². The number of fused-ring (bicyclic) bond motifs is 1. The first-order valence-corrected chi connectivity index (χ1v) is 10.3. The van der Waals surface area contributed by atoms with Crippen molar-refractivity contribution in [3.05, 3.63) is 53.3 Å². The van der Waals surface area contributed by atoms with Crippen molar-refractivity contribution in [3.8, 4) is 0 Å². The molecule has 6 nitrogen and oxygen atoms in total. The summed E-state index contributed by atoms with van der Waals surface area (Å²) in [4.78, 5) is 24.1. The number of rotatable bonds is 5. The van der Waals surface area contributed by atoms with Crippen LogP contribution in [0.4, 0.5) is 0 Å². The molecular formula is C22H28N4O2. The van der Waals surface area contributed by atoms with Gasteiger partial charge in [0, 0.05) is 12.1 Å². The summed E-state index contributed by atoms with van der Waals surface area (Å²) in [6, 6.07) is 10.6. The van der Waals surface area contributed by atoms with Gasteiger partial charge >= 0.3 is 0 Å². The van der Waals surface area contributed by atoms with E-state index in [1.165, 1.54) is 5.56 Å². The number of aromatic nitrogens is 2. The van der Waals surface area contributed by atoms with Crippen molar-refractivity contribution >= 4 is 11.8 Å². The molecule has 28 heavy (non-hydrogen) atoms. The SMILES string of the molecule is NC(=O)Cn1cc2c(n1)[C@H](NC(=O)C1CCC(c3ccccc3)CC1)CCC2. The third-order valence-electron chi connectivity index (χ3n) is 6.14. The van der Waals surface area contributed by atoms with Gasteiger partial charge in [-0.25, -0.2) is 0 Å². The van der Waals surface area contributed by atoms with Crippen LogP contribution in [0.25, 0.3) is 0 Å². The van der Waals surface area contributed by atoms with Crippen molar-refractivity contribution in [1.29, 1.82) is 0 Å². The highest BCUT2D eigenvalue weighted by atomic mass is 16.2. The van der Waals surface area contributed by atoms with Crippen LogP contribution in [0.1, 0.15) is 67.3 Å². The molecule has 2 aliphatic carbocycles. The Bertz CT molecular complexity index is 837. The summed E-state index contributed by atoms with van der Waals surface area (Å²) < 4.78 is 1.60. The Morgan fingerprint density at radius 2 is 1.86 bits per heavy atom. The van der Waals surface area contributed by atoms with Gasteiger partial charge < -0.3 is 11.1 Å². The molecule has 148 valence electrons. The van der Waals surface area contributed by atoms with Gasteiger partial charge in [0.15, 0.2) is 0 Å². The van der Waals surface area contributed by atoms with E-state index in [2.05, 4.69) is 34.7 Å². The Morgan fingerprint density at radius 1 is 1.11 bits per heavy atom. The molecule has 0 bridgehead atoms. The van der Waals surface area contributed by atoms with E-state index in [9.17, 15) is 9.59 Å². The summed E-state index contributed by atoms with van der Waals surface area (Å²) in [5.41, 5.74) is 8.68. The fraction of sp³-hybridized carbons (Fsp3) is 0.500. The van der Waals surface area contributed by atoms with Crippen molar-refractivity contribution in [1.82, 2.24) is 15.1 Å². The molecule has 3 N–H and O–H groups in total. The van der Waals surface area contributed by atoms with Crippen LogP contribution in [0.2, 0.25) is 0 Å². The molecule has 2 aromatic rings. The summed E-state index contributed by atoms with van der Waals surface area (Å²) in [6.45, 7) is 0.0805. The first-order valence-electron chi connectivity index (χ1n) is 10.3. The number of nitrogens with two attached hydrogens (primary N) is 1. The average molecular weight is 380 g/mol. The minimum atomic E-state index is -0.407. The van der Waals surface area contributed by atoms with E-state index >= 15 is 0 Å². The number of carbonyl (C=O) groups excluding carboxylic acids is 2. The molecule has 1 fully saturated rings. The van der Waals surface area contributed by atoms with Gasteiger partial charge in [-0.05, 0) is 62.0 Å². The standard InChI is InChI=1S/C22H28N4O2/c23-20(27)14-26-13-18-7-4-8-19(21(18)25-26)24-22(28)17-11-9-16(10-12-17)15-5-2-1-3-6-15/h1-3,5-6,13,16-17,19H,4,7-12,14H2,(H2,23,27)(H,24,28)/t16?,17?,19-/m1/s1. The van der Waals surface area contributed by atoms with Crippen molar-refractivity contribution in [2.45, 2.75) is 63.5 Å². The van der Waals surface area contributed by atoms with Gasteiger partial charge in [-0.1, -0.05) is 30.3 Å². The number of amides is 2. The molecule has 1 aromatic heterocycles. The molecule has 1 saturated carbocycles. The lowest BCUT2D eigenvalue weighted by molar-refractivity contribution is -0.127. The molecule has 1 atom stereocenters. The van der Waals surface area contributed by atoms with Crippen LogP contribution in [0.5, 0.6) is 0 Å². The third-order valence-corrected chi connectivity index (χ3v) is 6.14. The first-order chi connectivity index (χ1) is 13.6. The van der Waals surface area contributed by atoms with Crippen LogP contribution in [0.3, 0.4) is 0 Å². The highest BCUT2D eigenvalue weighted by molar-refractivity contribution is 5.79. The lowest BCUT2D eigenvalue weighted by atomic mass is 9.78. The minimum absolute atomic E-state index is 0.0581. The van der Waals surface area contributed by atoms with E-state index in [1.807, 2.05) is 12.3 Å². The highest BCUT2D eigenvalue weighted by Crippen LogP contribution is 2.36. The second-order valence-corrected chi connectivity index (χ2v) is 8.12. The first kappa shape index (κ1) is 18.7. The second-order valence-electron chi connectivity index (χ2n) is 8.12. The van der Waals surface area contributed by atoms with Crippen LogP contribution >= 0.6 is 0 Å². The molecule has 0 spiro atoms.